The molecule has 1 aliphatic carbocycles. The average molecular weight is 378 g/mol. The van der Waals surface area contributed by atoms with Crippen molar-refractivity contribution in [2.75, 3.05) is 13.7 Å². The lowest BCUT2D eigenvalue weighted by Gasteiger charge is -2.37. The highest BCUT2D eigenvalue weighted by Crippen LogP contribution is 2.37. The Kier molecular flexibility index (Phi) is 5.07. The monoisotopic (exact) mass is 378 g/mol. The van der Waals surface area contributed by atoms with E-state index in [4.69, 9.17) is 4.74 Å². The molecule has 0 bridgehead atoms. The standard InChI is InChI=1S/C23H26N2O3/c1-15(16-9-11-19(28-2)12-10-16)24-22(26)21-20-6-4-3-5-17(20)13-14-25(21)23(27)18-7-8-18/h3-6,9-12,15,18,21H,7-8,13-14H2,1-2H3,(H,24,26)/t15-,21+/m0/s1. The van der Waals surface area contributed by atoms with Crippen LogP contribution >= 0.6 is 0 Å². The third kappa shape index (κ3) is 3.61. The zero-order chi connectivity index (χ0) is 19.7. The van der Waals surface area contributed by atoms with Crippen molar-refractivity contribution in [3.8, 4) is 5.75 Å². The van der Waals surface area contributed by atoms with Gasteiger partial charge in [-0.2, -0.15) is 0 Å². The Labute approximate surface area is 165 Å². The van der Waals surface area contributed by atoms with Crippen LogP contribution in [0.4, 0.5) is 0 Å². The Bertz CT molecular complexity index is 874. The van der Waals surface area contributed by atoms with E-state index in [1.54, 1.807) is 12.0 Å². The quantitative estimate of drug-likeness (QED) is 0.867. The first-order valence-electron chi connectivity index (χ1n) is 9.91. The van der Waals surface area contributed by atoms with E-state index in [-0.39, 0.29) is 23.8 Å². The molecule has 5 heteroatoms. The van der Waals surface area contributed by atoms with E-state index in [1.807, 2.05) is 49.4 Å². The molecule has 1 heterocycles. The lowest BCUT2D eigenvalue weighted by molar-refractivity contribution is -0.142. The van der Waals surface area contributed by atoms with Gasteiger partial charge in [0.2, 0.25) is 11.8 Å². The van der Waals surface area contributed by atoms with Crippen LogP contribution in [0.5, 0.6) is 5.75 Å². The number of hydrogen-bond donors (Lipinski definition) is 1. The number of carbonyl (C=O) groups is 2. The Morgan fingerprint density at radius 3 is 2.50 bits per heavy atom. The minimum absolute atomic E-state index is 0.0968. The second kappa shape index (κ2) is 7.66. The summed E-state index contributed by atoms with van der Waals surface area (Å²) in [5.74, 6) is 0.875. The molecule has 0 unspecified atom stereocenters. The smallest absolute Gasteiger partial charge is 0.247 e. The van der Waals surface area contributed by atoms with Gasteiger partial charge in [0.25, 0.3) is 0 Å². The Hall–Kier alpha value is -2.82. The molecule has 2 amide bonds. The molecule has 4 rings (SSSR count). The second-order valence-electron chi connectivity index (χ2n) is 7.66. The van der Waals surface area contributed by atoms with Crippen molar-refractivity contribution in [1.29, 1.82) is 0 Å². The SMILES string of the molecule is COc1ccc([C@H](C)NC(=O)[C@H]2c3ccccc3CCN2C(=O)C2CC2)cc1. The summed E-state index contributed by atoms with van der Waals surface area (Å²) in [6.45, 7) is 2.56. The maximum absolute atomic E-state index is 13.3. The molecule has 1 saturated carbocycles. The molecule has 2 aromatic rings. The van der Waals surface area contributed by atoms with E-state index in [0.717, 1.165) is 41.7 Å². The van der Waals surface area contributed by atoms with Crippen LogP contribution in [0.15, 0.2) is 48.5 Å². The van der Waals surface area contributed by atoms with E-state index >= 15 is 0 Å². The van der Waals surface area contributed by atoms with Gasteiger partial charge in [-0.3, -0.25) is 9.59 Å². The van der Waals surface area contributed by atoms with Crippen LogP contribution < -0.4 is 10.1 Å². The highest BCUT2D eigenvalue weighted by molar-refractivity contribution is 5.91. The van der Waals surface area contributed by atoms with E-state index in [1.165, 1.54) is 0 Å². The summed E-state index contributed by atoms with van der Waals surface area (Å²) in [5.41, 5.74) is 3.10. The summed E-state index contributed by atoms with van der Waals surface area (Å²) < 4.78 is 5.20. The van der Waals surface area contributed by atoms with Gasteiger partial charge in [0.05, 0.1) is 13.2 Å². The maximum Gasteiger partial charge on any atom is 0.247 e. The summed E-state index contributed by atoms with van der Waals surface area (Å²) in [6, 6.07) is 14.9. The first kappa shape index (κ1) is 18.5. The van der Waals surface area contributed by atoms with Crippen molar-refractivity contribution in [2.45, 2.75) is 38.3 Å². The van der Waals surface area contributed by atoms with Crippen molar-refractivity contribution in [3.05, 3.63) is 65.2 Å². The van der Waals surface area contributed by atoms with Gasteiger partial charge in [-0.1, -0.05) is 36.4 Å². The van der Waals surface area contributed by atoms with E-state index in [9.17, 15) is 9.59 Å². The molecule has 146 valence electrons. The van der Waals surface area contributed by atoms with Crippen LogP contribution in [-0.4, -0.2) is 30.4 Å². The third-order valence-corrected chi connectivity index (χ3v) is 5.72. The van der Waals surface area contributed by atoms with Crippen molar-refractivity contribution < 1.29 is 14.3 Å². The fraction of sp³-hybridized carbons (Fsp3) is 0.391. The third-order valence-electron chi connectivity index (χ3n) is 5.72. The Morgan fingerprint density at radius 1 is 1.11 bits per heavy atom. The van der Waals surface area contributed by atoms with Crippen LogP contribution in [-0.2, 0) is 16.0 Å². The summed E-state index contributed by atoms with van der Waals surface area (Å²) in [6.07, 6.45) is 2.67. The molecular weight excluding hydrogens is 352 g/mol. The number of amides is 2. The molecule has 0 saturated heterocycles. The number of benzene rings is 2. The maximum atomic E-state index is 13.3. The van der Waals surface area contributed by atoms with Crippen molar-refractivity contribution in [2.24, 2.45) is 5.92 Å². The molecule has 5 nitrogen and oxygen atoms in total. The molecule has 0 aromatic heterocycles. The first-order chi connectivity index (χ1) is 13.6. The molecule has 1 N–H and O–H groups in total. The normalized spacial score (nSPS) is 19.5. The second-order valence-corrected chi connectivity index (χ2v) is 7.66. The lowest BCUT2D eigenvalue weighted by atomic mass is 9.91. The summed E-state index contributed by atoms with van der Waals surface area (Å²) in [4.78, 5) is 27.9. The van der Waals surface area contributed by atoms with Gasteiger partial charge in [-0.15, -0.1) is 0 Å². The zero-order valence-electron chi connectivity index (χ0n) is 16.4. The minimum atomic E-state index is -0.557. The molecule has 2 aliphatic rings. The molecule has 0 spiro atoms. The van der Waals surface area contributed by atoms with Gasteiger partial charge in [0.15, 0.2) is 0 Å². The fourth-order valence-corrected chi connectivity index (χ4v) is 3.92. The van der Waals surface area contributed by atoms with Crippen LogP contribution in [0.3, 0.4) is 0 Å². The molecular formula is C23H26N2O3. The molecule has 2 atom stereocenters. The predicted octanol–water partition coefficient (Wildman–Crippen LogP) is 3.41. The number of nitrogens with zero attached hydrogens (tertiary/aromatic N) is 1. The summed E-state index contributed by atoms with van der Waals surface area (Å²) >= 11 is 0. The predicted molar refractivity (Wildman–Crippen MR) is 107 cm³/mol. The van der Waals surface area contributed by atoms with Gasteiger partial charge >= 0.3 is 0 Å². The van der Waals surface area contributed by atoms with Gasteiger partial charge in [0, 0.05) is 12.5 Å². The van der Waals surface area contributed by atoms with Crippen molar-refractivity contribution in [3.63, 3.8) is 0 Å². The molecule has 28 heavy (non-hydrogen) atoms. The van der Waals surface area contributed by atoms with Gasteiger partial charge in [-0.05, 0) is 55.0 Å². The van der Waals surface area contributed by atoms with Crippen LogP contribution in [0.25, 0.3) is 0 Å². The zero-order valence-corrected chi connectivity index (χ0v) is 16.4. The largest absolute Gasteiger partial charge is 0.497 e. The summed E-state index contributed by atoms with van der Waals surface area (Å²) in [5, 5.41) is 3.11. The first-order valence-corrected chi connectivity index (χ1v) is 9.91. The van der Waals surface area contributed by atoms with E-state index in [0.29, 0.717) is 6.54 Å². The molecule has 1 aliphatic heterocycles. The number of methoxy groups -OCH3 is 1. The lowest BCUT2D eigenvalue weighted by Crippen LogP contribution is -2.48. The van der Waals surface area contributed by atoms with E-state index in [2.05, 4.69) is 11.4 Å². The minimum Gasteiger partial charge on any atom is -0.497 e. The van der Waals surface area contributed by atoms with Crippen LogP contribution in [0, 0.1) is 5.92 Å². The van der Waals surface area contributed by atoms with Gasteiger partial charge in [-0.25, -0.2) is 0 Å². The molecule has 1 fully saturated rings. The number of fused-ring (bicyclic) bond motifs is 1. The molecule has 2 aromatic carbocycles. The highest BCUT2D eigenvalue weighted by atomic mass is 16.5. The summed E-state index contributed by atoms with van der Waals surface area (Å²) in [7, 11) is 1.63. The Balaban J connectivity index is 1.57. The van der Waals surface area contributed by atoms with Crippen molar-refractivity contribution in [1.82, 2.24) is 10.2 Å². The van der Waals surface area contributed by atoms with E-state index < -0.39 is 6.04 Å². The Morgan fingerprint density at radius 2 is 1.82 bits per heavy atom. The number of rotatable bonds is 5. The van der Waals surface area contributed by atoms with Crippen molar-refractivity contribution >= 4 is 11.8 Å². The average Bonchev–Trinajstić information content (AvgIpc) is 3.57. The molecule has 0 radical (unpaired) electrons. The number of hydrogen-bond acceptors (Lipinski definition) is 3. The topological polar surface area (TPSA) is 58.6 Å². The van der Waals surface area contributed by atoms with Crippen LogP contribution in [0.1, 0.15) is 48.5 Å². The number of carbonyl (C=O) groups excluding carboxylic acids is 2. The highest BCUT2D eigenvalue weighted by Gasteiger charge is 2.41. The fourth-order valence-electron chi connectivity index (χ4n) is 3.92. The van der Waals surface area contributed by atoms with Crippen LogP contribution in [0.2, 0.25) is 0 Å². The van der Waals surface area contributed by atoms with Gasteiger partial charge in [0.1, 0.15) is 11.8 Å². The number of ether oxygens (including phenoxy) is 1. The number of nitrogens with one attached hydrogen (secondary N) is 1. The van der Waals surface area contributed by atoms with Gasteiger partial charge < -0.3 is 15.0 Å².